The zero-order chi connectivity index (χ0) is 48.5. The van der Waals surface area contributed by atoms with E-state index in [1.54, 1.807) is 92.7 Å². The molecule has 1 amide bonds. The molecule has 3 aromatic rings. The van der Waals surface area contributed by atoms with E-state index in [-0.39, 0.29) is 48.5 Å². The van der Waals surface area contributed by atoms with Crippen molar-refractivity contribution in [1.29, 1.82) is 0 Å². The largest absolute Gasteiger partial charge is 0.456 e. The van der Waals surface area contributed by atoms with Crippen molar-refractivity contribution in [2.24, 2.45) is 16.7 Å². The predicted molar refractivity (Wildman–Crippen MR) is 234 cm³/mol. The average molecular weight is 928 g/mol. The number of hydrogen-bond acceptors (Lipinski definition) is 16. The summed E-state index contributed by atoms with van der Waals surface area (Å²) in [5, 5.41) is 38.0. The number of aliphatic hydroxyl groups is 3. The van der Waals surface area contributed by atoms with Gasteiger partial charge in [-0.15, -0.1) is 0 Å². The van der Waals surface area contributed by atoms with Gasteiger partial charge in [0.15, 0.2) is 23.6 Å². The van der Waals surface area contributed by atoms with E-state index in [0.717, 1.165) is 6.92 Å². The van der Waals surface area contributed by atoms with Crippen LogP contribution in [0.2, 0.25) is 0 Å². The lowest BCUT2D eigenvalue weighted by Crippen LogP contribution is -2.82. The van der Waals surface area contributed by atoms with Gasteiger partial charge in [0, 0.05) is 37.7 Å². The van der Waals surface area contributed by atoms with Crippen molar-refractivity contribution in [1.82, 2.24) is 5.32 Å². The van der Waals surface area contributed by atoms with Crippen LogP contribution in [0.15, 0.2) is 102 Å². The SMILES string of the molecule is CC(=O)O[C@H]1C(=O)[C@@]2(C)C([C@H](OC(=O)c3ccccc3)[C@]3(O)C[C@H](OC(=O)[C@H](O)[C@@H](NC(=O)c4ccccc4)c4ccccc4)C(C)=C1C3(C)C)[C@]1(OC(C)=O)CO[C@@H]1C[C@@H]2OCOCCO. The van der Waals surface area contributed by atoms with E-state index < -0.39 is 119 Å². The summed E-state index contributed by atoms with van der Waals surface area (Å²) in [6, 6.07) is 23.0. The summed E-state index contributed by atoms with van der Waals surface area (Å²) >= 11 is 0. The first-order chi connectivity index (χ1) is 31.8. The molecule has 7 rings (SSSR count). The third kappa shape index (κ3) is 8.91. The highest BCUT2D eigenvalue weighted by Gasteiger charge is 2.78. The lowest BCUT2D eigenvalue weighted by atomic mass is 9.44. The van der Waals surface area contributed by atoms with Crippen LogP contribution in [0.5, 0.6) is 0 Å². The van der Waals surface area contributed by atoms with Crippen LogP contribution in [-0.2, 0) is 52.3 Å². The molecule has 11 atom stereocenters. The highest BCUT2D eigenvalue weighted by molar-refractivity contribution is 5.96. The molecule has 1 unspecified atom stereocenters. The minimum absolute atomic E-state index is 0.00923. The van der Waals surface area contributed by atoms with E-state index in [0.29, 0.717) is 5.56 Å². The maximum absolute atomic E-state index is 16.0. The van der Waals surface area contributed by atoms with E-state index >= 15 is 4.79 Å². The van der Waals surface area contributed by atoms with Gasteiger partial charge in [-0.1, -0.05) is 80.6 Å². The van der Waals surface area contributed by atoms with Crippen LogP contribution in [0.4, 0.5) is 0 Å². The maximum atomic E-state index is 16.0. The van der Waals surface area contributed by atoms with Crippen LogP contribution in [0.25, 0.3) is 0 Å². The third-order valence-corrected chi connectivity index (χ3v) is 14.0. The van der Waals surface area contributed by atoms with Crippen molar-refractivity contribution < 1.29 is 77.2 Å². The second kappa shape index (κ2) is 19.4. The molecular weight excluding hydrogens is 871 g/mol. The van der Waals surface area contributed by atoms with Gasteiger partial charge in [-0.25, -0.2) is 9.59 Å². The Hall–Kier alpha value is -5.82. The Morgan fingerprint density at radius 2 is 1.46 bits per heavy atom. The number of carbonyl (C=O) groups is 6. The lowest BCUT2D eigenvalue weighted by Gasteiger charge is -2.67. The fraction of sp³-hybridized carbons (Fsp3) is 0.480. The number of aliphatic hydroxyl groups excluding tert-OH is 2. The standard InChI is InChI=1S/C50H57NO16/c1-28-34(65-46(59)39(55)38(31-16-10-7-11-17-31)51-44(57)32-18-12-8-13-19-32)25-50(60)43(66-45(58)33-20-14-9-15-21-33)41-48(6,42(56)40(64-29(2)53)37(28)47(50,4)5)35(63-27-61-23-22-52)24-36-49(41,26-62-36)67-30(3)54/h7-21,34-36,38-41,43,52,55,60H,22-27H2,1-6H3,(H,51,57)/t34-,35-,36+,38-,39+,40+,41?,43-,48+,49-,50+/m0/s1. The van der Waals surface area contributed by atoms with Crippen molar-refractivity contribution in [3.63, 3.8) is 0 Å². The minimum atomic E-state index is -2.41. The number of hydrogen-bond donors (Lipinski definition) is 4. The Morgan fingerprint density at radius 3 is 2.03 bits per heavy atom. The van der Waals surface area contributed by atoms with E-state index in [1.165, 1.54) is 32.9 Å². The van der Waals surface area contributed by atoms with Gasteiger partial charge in [0.1, 0.15) is 30.7 Å². The molecule has 4 N–H and O–H groups in total. The molecule has 2 bridgehead atoms. The van der Waals surface area contributed by atoms with Gasteiger partial charge in [-0.2, -0.15) is 0 Å². The summed E-state index contributed by atoms with van der Waals surface area (Å²) in [7, 11) is 0. The molecule has 2 saturated carbocycles. The first kappa shape index (κ1) is 49.1. The topological polar surface area (TPSA) is 240 Å². The summed E-state index contributed by atoms with van der Waals surface area (Å²) in [6.45, 7) is 7.25. The molecule has 17 heteroatoms. The van der Waals surface area contributed by atoms with Gasteiger partial charge in [0.2, 0.25) is 0 Å². The molecule has 67 heavy (non-hydrogen) atoms. The fourth-order valence-corrected chi connectivity index (χ4v) is 10.7. The molecule has 3 aromatic carbocycles. The van der Waals surface area contributed by atoms with Crippen LogP contribution >= 0.6 is 0 Å². The molecule has 1 aliphatic heterocycles. The quantitative estimate of drug-likeness (QED) is 0.0558. The van der Waals surface area contributed by atoms with Crippen molar-refractivity contribution in [2.45, 2.75) is 108 Å². The molecule has 3 aliphatic carbocycles. The summed E-state index contributed by atoms with van der Waals surface area (Å²) in [6.07, 6.45) is -10.0. The van der Waals surface area contributed by atoms with E-state index in [4.69, 9.17) is 33.2 Å². The monoisotopic (exact) mass is 927 g/mol. The Kier molecular flexibility index (Phi) is 14.2. The summed E-state index contributed by atoms with van der Waals surface area (Å²) in [5.41, 5.74) is -6.97. The number of fused-ring (bicyclic) bond motifs is 5. The summed E-state index contributed by atoms with van der Waals surface area (Å²) in [4.78, 5) is 84.9. The number of carbonyl (C=O) groups excluding carboxylic acids is 6. The average Bonchev–Trinajstić information content (AvgIpc) is 3.30. The molecule has 17 nitrogen and oxygen atoms in total. The number of nitrogens with one attached hydrogen (secondary N) is 1. The van der Waals surface area contributed by atoms with Gasteiger partial charge in [0.05, 0.1) is 48.9 Å². The van der Waals surface area contributed by atoms with Crippen molar-refractivity contribution in [3.8, 4) is 0 Å². The normalized spacial score (nSPS) is 30.4. The lowest BCUT2D eigenvalue weighted by molar-refractivity contribution is -0.351. The smallest absolute Gasteiger partial charge is 0.338 e. The molecule has 0 radical (unpaired) electrons. The number of ketones is 1. The van der Waals surface area contributed by atoms with Gasteiger partial charge < -0.3 is 53.8 Å². The number of amides is 1. The zero-order valence-corrected chi connectivity index (χ0v) is 38.2. The number of rotatable bonds is 15. The molecule has 1 saturated heterocycles. The number of Topliss-reactive ketones (excluding diaryl/α,β-unsaturated/α-hetero) is 1. The fourth-order valence-electron chi connectivity index (χ4n) is 10.7. The second-order valence-corrected chi connectivity index (χ2v) is 18.2. The van der Waals surface area contributed by atoms with Crippen LogP contribution in [0.3, 0.4) is 0 Å². The second-order valence-electron chi connectivity index (χ2n) is 18.2. The third-order valence-electron chi connectivity index (χ3n) is 14.0. The van der Waals surface area contributed by atoms with Crippen molar-refractivity contribution in [3.05, 3.63) is 119 Å². The predicted octanol–water partition coefficient (Wildman–Crippen LogP) is 3.73. The molecule has 0 spiro atoms. The van der Waals surface area contributed by atoms with Gasteiger partial charge in [-0.3, -0.25) is 19.2 Å². The summed E-state index contributed by atoms with van der Waals surface area (Å²) in [5.74, 6) is -6.75. The maximum Gasteiger partial charge on any atom is 0.338 e. The van der Waals surface area contributed by atoms with Crippen molar-refractivity contribution in [2.75, 3.05) is 26.6 Å². The molecule has 3 fully saturated rings. The van der Waals surface area contributed by atoms with Crippen molar-refractivity contribution >= 4 is 35.6 Å². The first-order valence-corrected chi connectivity index (χ1v) is 22.1. The van der Waals surface area contributed by atoms with Gasteiger partial charge in [-0.05, 0) is 54.8 Å². The van der Waals surface area contributed by atoms with Gasteiger partial charge >= 0.3 is 23.9 Å². The van der Waals surface area contributed by atoms with E-state index in [9.17, 15) is 39.3 Å². The zero-order valence-electron chi connectivity index (χ0n) is 38.2. The van der Waals surface area contributed by atoms with Crippen LogP contribution in [-0.4, -0.2) is 125 Å². The van der Waals surface area contributed by atoms with Crippen LogP contribution in [0.1, 0.15) is 86.7 Å². The van der Waals surface area contributed by atoms with E-state index in [1.807, 2.05) is 0 Å². The Bertz CT molecular complexity index is 2370. The molecular formula is C50H57NO16. The summed E-state index contributed by atoms with van der Waals surface area (Å²) < 4.78 is 42.7. The molecule has 4 aliphatic rings. The minimum Gasteiger partial charge on any atom is -0.456 e. The highest BCUT2D eigenvalue weighted by atomic mass is 16.7. The Morgan fingerprint density at radius 1 is 0.851 bits per heavy atom. The number of benzene rings is 3. The molecule has 1 heterocycles. The molecule has 358 valence electrons. The van der Waals surface area contributed by atoms with Crippen LogP contribution in [0, 0.1) is 16.7 Å². The highest BCUT2D eigenvalue weighted by Crippen LogP contribution is 2.65. The Labute approximate surface area is 387 Å². The number of esters is 4. The number of ether oxygens (including phenoxy) is 7. The molecule has 0 aromatic heterocycles. The van der Waals surface area contributed by atoms with E-state index in [2.05, 4.69) is 5.32 Å². The van der Waals surface area contributed by atoms with Gasteiger partial charge in [0.25, 0.3) is 5.91 Å². The Balaban J connectivity index is 1.41. The first-order valence-electron chi connectivity index (χ1n) is 22.1. The van der Waals surface area contributed by atoms with Crippen LogP contribution < -0.4 is 5.32 Å².